The summed E-state index contributed by atoms with van der Waals surface area (Å²) in [5.74, 6) is -0.211. The fourth-order valence-electron chi connectivity index (χ4n) is 2.20. The molecule has 1 unspecified atom stereocenters. The Labute approximate surface area is 136 Å². The Morgan fingerprint density at radius 2 is 2.15 bits per heavy atom. The molecule has 1 aromatic rings. The molecule has 2 rings (SSSR count). The number of piperidine rings is 1. The second-order valence-corrected chi connectivity index (χ2v) is 8.15. The second-order valence-electron chi connectivity index (χ2n) is 4.73. The molecule has 0 aliphatic carbocycles. The average molecular weight is 429 g/mol. The van der Waals surface area contributed by atoms with Gasteiger partial charge in [0.2, 0.25) is 10.0 Å². The lowest BCUT2D eigenvalue weighted by atomic mass is 10.1. The van der Waals surface area contributed by atoms with E-state index < -0.39 is 15.3 Å². The van der Waals surface area contributed by atoms with E-state index in [2.05, 4.69) is 22.6 Å². The van der Waals surface area contributed by atoms with Crippen molar-refractivity contribution in [1.29, 1.82) is 0 Å². The SMILES string of the molecule is NS(=O)(=O)C1CCCN(C(=O)c2ccc(I)c(Cl)c2)C1. The molecule has 1 atom stereocenters. The molecular weight excluding hydrogens is 415 g/mol. The van der Waals surface area contributed by atoms with Gasteiger partial charge in [-0.15, -0.1) is 0 Å². The summed E-state index contributed by atoms with van der Waals surface area (Å²) in [6.07, 6.45) is 1.13. The number of sulfonamides is 1. The summed E-state index contributed by atoms with van der Waals surface area (Å²) in [4.78, 5) is 13.9. The number of benzene rings is 1. The molecule has 20 heavy (non-hydrogen) atoms. The number of rotatable bonds is 2. The normalized spacial score (nSPS) is 19.9. The number of carbonyl (C=O) groups excluding carboxylic acids is 1. The van der Waals surface area contributed by atoms with E-state index in [1.54, 1.807) is 18.2 Å². The van der Waals surface area contributed by atoms with E-state index in [-0.39, 0.29) is 12.5 Å². The van der Waals surface area contributed by atoms with Crippen molar-refractivity contribution in [2.75, 3.05) is 13.1 Å². The topological polar surface area (TPSA) is 80.5 Å². The van der Waals surface area contributed by atoms with Crippen LogP contribution in [0.25, 0.3) is 0 Å². The molecule has 0 saturated carbocycles. The summed E-state index contributed by atoms with van der Waals surface area (Å²) in [6.45, 7) is 0.676. The summed E-state index contributed by atoms with van der Waals surface area (Å²) in [6, 6.07) is 5.06. The van der Waals surface area contributed by atoms with Crippen molar-refractivity contribution in [3.05, 3.63) is 32.4 Å². The molecule has 1 aliphatic rings. The van der Waals surface area contributed by atoms with Crippen molar-refractivity contribution in [2.24, 2.45) is 5.14 Å². The fourth-order valence-corrected chi connectivity index (χ4v) is 3.60. The van der Waals surface area contributed by atoms with Crippen molar-refractivity contribution >= 4 is 50.1 Å². The van der Waals surface area contributed by atoms with Gasteiger partial charge >= 0.3 is 0 Å². The molecule has 0 bridgehead atoms. The Morgan fingerprint density at radius 1 is 1.45 bits per heavy atom. The summed E-state index contributed by atoms with van der Waals surface area (Å²) >= 11 is 8.08. The Balaban J connectivity index is 2.18. The summed E-state index contributed by atoms with van der Waals surface area (Å²) < 4.78 is 23.7. The predicted octanol–water partition coefficient (Wildman–Crippen LogP) is 1.84. The maximum Gasteiger partial charge on any atom is 0.253 e. The van der Waals surface area contributed by atoms with Crippen molar-refractivity contribution in [2.45, 2.75) is 18.1 Å². The summed E-state index contributed by atoms with van der Waals surface area (Å²) in [5, 5.41) is 5.00. The molecule has 1 heterocycles. The van der Waals surface area contributed by atoms with Crippen LogP contribution in [0.1, 0.15) is 23.2 Å². The number of likely N-dealkylation sites (tertiary alicyclic amines) is 1. The van der Waals surface area contributed by atoms with Crippen LogP contribution < -0.4 is 5.14 Å². The first-order valence-corrected chi connectivity index (χ1v) is 9.11. The zero-order valence-electron chi connectivity index (χ0n) is 10.6. The molecule has 1 fully saturated rings. The molecule has 5 nitrogen and oxygen atoms in total. The third kappa shape index (κ3) is 3.63. The van der Waals surface area contributed by atoms with Crippen molar-refractivity contribution < 1.29 is 13.2 Å². The molecule has 110 valence electrons. The van der Waals surface area contributed by atoms with Crippen molar-refractivity contribution in [1.82, 2.24) is 4.90 Å². The number of carbonyl (C=O) groups is 1. The molecule has 2 N–H and O–H groups in total. The first kappa shape index (κ1) is 16.0. The molecule has 1 aromatic carbocycles. The molecule has 0 spiro atoms. The molecule has 1 saturated heterocycles. The molecule has 0 radical (unpaired) electrons. The van der Waals surface area contributed by atoms with Crippen LogP contribution in [0.5, 0.6) is 0 Å². The van der Waals surface area contributed by atoms with Gasteiger partial charge < -0.3 is 4.90 Å². The van der Waals surface area contributed by atoms with Gasteiger partial charge in [-0.05, 0) is 53.6 Å². The van der Waals surface area contributed by atoms with Gasteiger partial charge in [-0.3, -0.25) is 4.79 Å². The standard InChI is InChI=1S/C12H14ClIN2O3S/c13-10-6-8(3-4-11(10)14)12(17)16-5-1-2-9(7-16)20(15,18)19/h3-4,6,9H,1-2,5,7H2,(H2,15,18,19). The van der Waals surface area contributed by atoms with Gasteiger partial charge in [0, 0.05) is 22.2 Å². The molecule has 0 aromatic heterocycles. The van der Waals surface area contributed by atoms with Crippen LogP contribution in [0.2, 0.25) is 5.02 Å². The van der Waals surface area contributed by atoms with Gasteiger partial charge in [0.05, 0.1) is 10.3 Å². The molecule has 1 amide bonds. The quantitative estimate of drug-likeness (QED) is 0.730. The summed E-state index contributed by atoms with van der Waals surface area (Å²) in [7, 11) is -3.61. The lowest BCUT2D eigenvalue weighted by Gasteiger charge is -2.31. The number of nitrogens with two attached hydrogens (primary N) is 1. The highest BCUT2D eigenvalue weighted by atomic mass is 127. The van der Waals surface area contributed by atoms with E-state index in [0.717, 1.165) is 3.57 Å². The van der Waals surface area contributed by atoms with Crippen LogP contribution in [0.4, 0.5) is 0 Å². The predicted molar refractivity (Wildman–Crippen MR) is 86.2 cm³/mol. The highest BCUT2D eigenvalue weighted by Gasteiger charge is 2.30. The van der Waals surface area contributed by atoms with E-state index in [9.17, 15) is 13.2 Å². The molecule has 1 aliphatic heterocycles. The van der Waals surface area contributed by atoms with E-state index >= 15 is 0 Å². The number of nitrogens with zero attached hydrogens (tertiary/aromatic N) is 1. The third-order valence-electron chi connectivity index (χ3n) is 3.30. The van der Waals surface area contributed by atoms with E-state index in [0.29, 0.717) is 30.0 Å². The highest BCUT2D eigenvalue weighted by molar-refractivity contribution is 14.1. The Hall–Kier alpha value is -0.380. The zero-order chi connectivity index (χ0) is 14.9. The average Bonchev–Trinajstić information content (AvgIpc) is 2.40. The van der Waals surface area contributed by atoms with Gasteiger partial charge in [-0.2, -0.15) is 0 Å². The highest BCUT2D eigenvalue weighted by Crippen LogP contribution is 2.22. The van der Waals surface area contributed by atoms with E-state index in [1.807, 2.05) is 0 Å². The monoisotopic (exact) mass is 428 g/mol. The maximum atomic E-state index is 12.4. The Kier molecular flexibility index (Phi) is 4.93. The fraction of sp³-hybridized carbons (Fsp3) is 0.417. The maximum absolute atomic E-state index is 12.4. The second kappa shape index (κ2) is 6.17. The lowest BCUT2D eigenvalue weighted by Crippen LogP contribution is -2.47. The van der Waals surface area contributed by atoms with Crippen molar-refractivity contribution in [3.8, 4) is 0 Å². The lowest BCUT2D eigenvalue weighted by molar-refractivity contribution is 0.0727. The zero-order valence-corrected chi connectivity index (χ0v) is 14.3. The van der Waals surface area contributed by atoms with Gasteiger partial charge in [0.25, 0.3) is 5.91 Å². The van der Waals surface area contributed by atoms with Crippen molar-refractivity contribution in [3.63, 3.8) is 0 Å². The largest absolute Gasteiger partial charge is 0.337 e. The third-order valence-corrected chi connectivity index (χ3v) is 6.18. The van der Waals surface area contributed by atoms with Crippen LogP contribution in [-0.4, -0.2) is 37.6 Å². The van der Waals surface area contributed by atoms with Crippen LogP contribution in [-0.2, 0) is 10.0 Å². The Bertz CT molecular complexity index is 636. The van der Waals surface area contributed by atoms with E-state index in [1.165, 1.54) is 4.90 Å². The van der Waals surface area contributed by atoms with Gasteiger partial charge in [0.15, 0.2) is 0 Å². The number of hydrogen-bond donors (Lipinski definition) is 1. The van der Waals surface area contributed by atoms with Gasteiger partial charge in [-0.1, -0.05) is 11.6 Å². The minimum atomic E-state index is -3.61. The minimum Gasteiger partial charge on any atom is -0.337 e. The smallest absolute Gasteiger partial charge is 0.253 e. The number of amides is 1. The van der Waals surface area contributed by atoms with Gasteiger partial charge in [0.1, 0.15) is 0 Å². The first-order chi connectivity index (χ1) is 9.29. The molecule has 8 heteroatoms. The number of halogens is 2. The number of hydrogen-bond acceptors (Lipinski definition) is 3. The molecular formula is C12H14ClIN2O3S. The minimum absolute atomic E-state index is 0.140. The van der Waals surface area contributed by atoms with Crippen LogP contribution in [0.3, 0.4) is 0 Å². The van der Waals surface area contributed by atoms with Crippen LogP contribution >= 0.6 is 34.2 Å². The van der Waals surface area contributed by atoms with Gasteiger partial charge in [-0.25, -0.2) is 13.6 Å². The van der Waals surface area contributed by atoms with Crippen LogP contribution in [0.15, 0.2) is 18.2 Å². The number of primary sulfonamides is 1. The first-order valence-electron chi connectivity index (χ1n) is 6.05. The Morgan fingerprint density at radius 3 is 2.75 bits per heavy atom. The summed E-state index contributed by atoms with van der Waals surface area (Å²) in [5.41, 5.74) is 0.463. The van der Waals surface area contributed by atoms with Crippen LogP contribution in [0, 0.1) is 3.57 Å². The van der Waals surface area contributed by atoms with E-state index in [4.69, 9.17) is 16.7 Å².